The van der Waals surface area contributed by atoms with E-state index in [0.717, 1.165) is 12.5 Å². The average Bonchev–Trinajstić information content (AvgIpc) is 3.17. The topological polar surface area (TPSA) is 29.3 Å². The predicted molar refractivity (Wildman–Crippen MR) is 77.8 cm³/mol. The Hall–Kier alpha value is -0.640. The first-order valence-electron chi connectivity index (χ1n) is 6.94. The maximum atomic E-state index is 14.2. The lowest BCUT2D eigenvalue weighted by atomic mass is 10.0. The fourth-order valence-corrected chi connectivity index (χ4v) is 2.70. The fraction of sp³-hybridized carbons (Fsp3) is 0.600. The highest BCUT2D eigenvalue weighted by molar-refractivity contribution is 6.30. The molecule has 1 aliphatic rings. The van der Waals surface area contributed by atoms with Gasteiger partial charge in [0.1, 0.15) is 5.82 Å². The van der Waals surface area contributed by atoms with E-state index in [0.29, 0.717) is 18.2 Å². The summed E-state index contributed by atoms with van der Waals surface area (Å²) in [5, 5.41) is 0.172. The number of nitrogens with zero attached hydrogens (tertiary/aromatic N) is 1. The van der Waals surface area contributed by atoms with Crippen LogP contribution in [0.2, 0.25) is 5.02 Å². The van der Waals surface area contributed by atoms with Gasteiger partial charge < -0.3 is 5.73 Å². The van der Waals surface area contributed by atoms with Crippen LogP contribution >= 0.6 is 11.6 Å². The second-order valence-electron chi connectivity index (χ2n) is 5.63. The molecule has 2 nitrogen and oxygen atoms in total. The van der Waals surface area contributed by atoms with Crippen LogP contribution in [0.15, 0.2) is 18.2 Å². The summed E-state index contributed by atoms with van der Waals surface area (Å²) in [6.45, 7) is 5.66. The molecule has 1 fully saturated rings. The Bertz CT molecular complexity index is 432. The maximum absolute atomic E-state index is 14.2. The molecule has 4 heteroatoms. The van der Waals surface area contributed by atoms with Crippen LogP contribution in [0.1, 0.15) is 38.3 Å². The van der Waals surface area contributed by atoms with Crippen LogP contribution in [0, 0.1) is 11.7 Å². The molecule has 2 rings (SSSR count). The molecular formula is C15H22ClFN2. The van der Waals surface area contributed by atoms with Gasteiger partial charge in [0.15, 0.2) is 0 Å². The number of hydrogen-bond acceptors (Lipinski definition) is 2. The molecule has 19 heavy (non-hydrogen) atoms. The molecule has 0 aromatic heterocycles. The molecule has 0 heterocycles. The van der Waals surface area contributed by atoms with Gasteiger partial charge >= 0.3 is 0 Å². The summed E-state index contributed by atoms with van der Waals surface area (Å²) in [6.07, 6.45) is 2.55. The number of halogens is 2. The van der Waals surface area contributed by atoms with Crippen LogP contribution < -0.4 is 5.73 Å². The van der Waals surface area contributed by atoms with Gasteiger partial charge in [0.2, 0.25) is 0 Å². The third-order valence-corrected chi connectivity index (χ3v) is 4.09. The second-order valence-corrected chi connectivity index (χ2v) is 6.04. The van der Waals surface area contributed by atoms with Crippen molar-refractivity contribution in [2.75, 3.05) is 13.1 Å². The van der Waals surface area contributed by atoms with Gasteiger partial charge in [0.05, 0.1) is 11.1 Å². The van der Waals surface area contributed by atoms with Crippen molar-refractivity contribution in [2.24, 2.45) is 11.7 Å². The molecule has 0 aliphatic heterocycles. The van der Waals surface area contributed by atoms with E-state index in [-0.39, 0.29) is 16.9 Å². The largest absolute Gasteiger partial charge is 0.329 e. The lowest BCUT2D eigenvalue weighted by molar-refractivity contribution is 0.147. The smallest absolute Gasteiger partial charge is 0.146 e. The van der Waals surface area contributed by atoms with Crippen molar-refractivity contribution in [1.82, 2.24) is 4.90 Å². The second kappa shape index (κ2) is 6.21. The lowest BCUT2D eigenvalue weighted by Gasteiger charge is -2.35. The Labute approximate surface area is 119 Å². The Morgan fingerprint density at radius 2 is 2.11 bits per heavy atom. The highest BCUT2D eigenvalue weighted by Crippen LogP contribution is 2.35. The molecule has 1 aliphatic carbocycles. The quantitative estimate of drug-likeness (QED) is 0.865. The van der Waals surface area contributed by atoms with Gasteiger partial charge in [-0.05, 0) is 38.7 Å². The fourth-order valence-electron chi connectivity index (χ4n) is 2.52. The first-order chi connectivity index (χ1) is 9.04. The van der Waals surface area contributed by atoms with Crippen LogP contribution in [-0.2, 0) is 0 Å². The van der Waals surface area contributed by atoms with Gasteiger partial charge in [-0.3, -0.25) is 4.90 Å². The highest BCUT2D eigenvalue weighted by atomic mass is 35.5. The van der Waals surface area contributed by atoms with Crippen molar-refractivity contribution >= 4 is 11.6 Å². The normalized spacial score (nSPS) is 17.2. The van der Waals surface area contributed by atoms with E-state index < -0.39 is 0 Å². The Balaban J connectivity index is 2.27. The third kappa shape index (κ3) is 3.47. The Morgan fingerprint density at radius 3 is 2.63 bits per heavy atom. The van der Waals surface area contributed by atoms with Gasteiger partial charge in [0, 0.05) is 24.7 Å². The Kier molecular flexibility index (Phi) is 4.82. The van der Waals surface area contributed by atoms with E-state index >= 15 is 0 Å². The molecular weight excluding hydrogens is 263 g/mol. The van der Waals surface area contributed by atoms with Gasteiger partial charge in [-0.15, -0.1) is 0 Å². The summed E-state index contributed by atoms with van der Waals surface area (Å²) >= 11 is 5.88. The molecule has 1 atom stereocenters. The number of hydrogen-bond donors (Lipinski definition) is 1. The zero-order valence-electron chi connectivity index (χ0n) is 11.6. The first-order valence-corrected chi connectivity index (χ1v) is 7.32. The third-order valence-electron chi connectivity index (χ3n) is 3.79. The van der Waals surface area contributed by atoms with Crippen LogP contribution in [0.3, 0.4) is 0 Å². The van der Waals surface area contributed by atoms with E-state index in [2.05, 4.69) is 18.7 Å². The van der Waals surface area contributed by atoms with Crippen molar-refractivity contribution in [3.05, 3.63) is 34.6 Å². The van der Waals surface area contributed by atoms with Crippen LogP contribution in [0.4, 0.5) is 4.39 Å². The van der Waals surface area contributed by atoms with Crippen LogP contribution in [-0.4, -0.2) is 24.0 Å². The number of benzene rings is 1. The highest BCUT2D eigenvalue weighted by Gasteiger charge is 2.31. The maximum Gasteiger partial charge on any atom is 0.146 e. The standard InChI is InChI=1S/C15H22ClFN2/c1-10(2)19(9-11-6-7-11)14(8-18)12-4-3-5-13(16)15(12)17/h3-5,10-11,14H,6-9,18H2,1-2H3. The average molecular weight is 285 g/mol. The van der Waals surface area contributed by atoms with Crippen molar-refractivity contribution in [1.29, 1.82) is 0 Å². The molecule has 2 N–H and O–H groups in total. The Morgan fingerprint density at radius 1 is 1.42 bits per heavy atom. The zero-order valence-corrected chi connectivity index (χ0v) is 12.3. The lowest BCUT2D eigenvalue weighted by Crippen LogP contribution is -2.40. The molecule has 1 aromatic carbocycles. The summed E-state index contributed by atoms with van der Waals surface area (Å²) in [5.74, 6) is 0.416. The number of rotatable bonds is 6. The molecule has 1 unspecified atom stereocenters. The molecule has 106 valence electrons. The van der Waals surface area contributed by atoms with Crippen LogP contribution in [0.5, 0.6) is 0 Å². The molecule has 1 saturated carbocycles. The van der Waals surface area contributed by atoms with E-state index in [1.165, 1.54) is 12.8 Å². The van der Waals surface area contributed by atoms with E-state index in [1.54, 1.807) is 18.2 Å². The van der Waals surface area contributed by atoms with Gasteiger partial charge in [0.25, 0.3) is 0 Å². The molecule has 0 amide bonds. The SMILES string of the molecule is CC(C)N(CC1CC1)C(CN)c1cccc(Cl)c1F. The summed E-state index contributed by atoms with van der Waals surface area (Å²) < 4.78 is 14.2. The van der Waals surface area contributed by atoms with Crippen molar-refractivity contribution in [3.63, 3.8) is 0 Å². The van der Waals surface area contributed by atoms with E-state index in [9.17, 15) is 4.39 Å². The van der Waals surface area contributed by atoms with E-state index in [1.807, 2.05) is 0 Å². The van der Waals surface area contributed by atoms with Crippen molar-refractivity contribution in [3.8, 4) is 0 Å². The molecule has 1 aromatic rings. The van der Waals surface area contributed by atoms with Crippen molar-refractivity contribution < 1.29 is 4.39 Å². The first kappa shape index (κ1) is 14.8. The minimum absolute atomic E-state index is 0.0979. The summed E-state index contributed by atoms with van der Waals surface area (Å²) in [4.78, 5) is 2.30. The van der Waals surface area contributed by atoms with Gasteiger partial charge in [-0.25, -0.2) is 4.39 Å². The van der Waals surface area contributed by atoms with Crippen molar-refractivity contribution in [2.45, 2.75) is 38.8 Å². The summed E-state index contributed by atoms with van der Waals surface area (Å²) in [6, 6.07) is 5.40. The molecule has 0 saturated heterocycles. The zero-order chi connectivity index (χ0) is 14.0. The summed E-state index contributed by atoms with van der Waals surface area (Å²) in [7, 11) is 0. The van der Waals surface area contributed by atoms with Crippen LogP contribution in [0.25, 0.3) is 0 Å². The predicted octanol–water partition coefficient (Wildman–Crippen LogP) is 3.60. The van der Waals surface area contributed by atoms with Gasteiger partial charge in [-0.1, -0.05) is 23.7 Å². The van der Waals surface area contributed by atoms with Gasteiger partial charge in [-0.2, -0.15) is 0 Å². The minimum Gasteiger partial charge on any atom is -0.329 e. The molecule has 0 radical (unpaired) electrons. The summed E-state index contributed by atoms with van der Waals surface area (Å²) in [5.41, 5.74) is 6.52. The van der Waals surface area contributed by atoms with E-state index in [4.69, 9.17) is 17.3 Å². The molecule has 0 bridgehead atoms. The minimum atomic E-state index is -0.332. The monoisotopic (exact) mass is 284 g/mol. The molecule has 0 spiro atoms. The number of nitrogens with two attached hydrogens (primary N) is 1.